The molecule has 118 valence electrons. The number of thiophene rings is 1. The van der Waals surface area contributed by atoms with E-state index in [1.807, 2.05) is 0 Å². The molecular weight excluding hydrogens is 332 g/mol. The van der Waals surface area contributed by atoms with Crippen LogP contribution in [0.4, 0.5) is 0 Å². The molecule has 3 aromatic rings. The van der Waals surface area contributed by atoms with Crippen LogP contribution >= 0.6 is 22.9 Å². The minimum absolute atomic E-state index is 0.238. The Bertz CT molecular complexity index is 1010. The van der Waals surface area contributed by atoms with Gasteiger partial charge in [-0.3, -0.25) is 9.78 Å². The van der Waals surface area contributed by atoms with Gasteiger partial charge in [0.15, 0.2) is 0 Å². The van der Waals surface area contributed by atoms with Crippen molar-refractivity contribution in [2.75, 3.05) is 0 Å². The van der Waals surface area contributed by atoms with E-state index < -0.39 is 5.69 Å². The van der Waals surface area contributed by atoms with Crippen LogP contribution in [0, 0.1) is 5.92 Å². The second-order valence-electron chi connectivity index (χ2n) is 6.10. The summed E-state index contributed by atoms with van der Waals surface area (Å²) in [6, 6.07) is 6.73. The maximum atomic E-state index is 13.0. The van der Waals surface area contributed by atoms with Crippen molar-refractivity contribution in [2.45, 2.75) is 26.2 Å². The standard InChI is InChI=1S/C17H15ClN2O2S/c1-9-2-7-12-13(8-9)23-15-14(12)16(21)20(17(22)19-15)11-5-3-10(18)4-6-11/h3-6,9H,2,7-8H2,1H3,(H,19,22)/t9-/m1/s1. The van der Waals surface area contributed by atoms with Gasteiger partial charge in [0.25, 0.3) is 5.56 Å². The second-order valence-corrected chi connectivity index (χ2v) is 7.64. The summed E-state index contributed by atoms with van der Waals surface area (Å²) in [4.78, 5) is 30.2. The Balaban J connectivity index is 2.02. The molecule has 0 saturated heterocycles. The van der Waals surface area contributed by atoms with Gasteiger partial charge in [0.2, 0.25) is 0 Å². The molecule has 4 rings (SSSR count). The first-order valence-electron chi connectivity index (χ1n) is 7.60. The van der Waals surface area contributed by atoms with Crippen LogP contribution in [0.3, 0.4) is 0 Å². The summed E-state index contributed by atoms with van der Waals surface area (Å²) in [7, 11) is 0. The molecule has 4 nitrogen and oxygen atoms in total. The number of benzene rings is 1. The van der Waals surface area contributed by atoms with E-state index in [0.717, 1.165) is 24.8 Å². The summed E-state index contributed by atoms with van der Waals surface area (Å²) in [6.45, 7) is 2.22. The van der Waals surface area contributed by atoms with E-state index in [9.17, 15) is 9.59 Å². The lowest BCUT2D eigenvalue weighted by atomic mass is 9.89. The van der Waals surface area contributed by atoms with Crippen LogP contribution in [0.2, 0.25) is 5.02 Å². The Labute approximate surface area is 141 Å². The average Bonchev–Trinajstić information content (AvgIpc) is 2.86. The smallest absolute Gasteiger partial charge is 0.298 e. The van der Waals surface area contributed by atoms with Crippen LogP contribution in [0.1, 0.15) is 23.8 Å². The minimum atomic E-state index is -0.406. The van der Waals surface area contributed by atoms with Crippen LogP contribution in [0.25, 0.3) is 15.9 Å². The van der Waals surface area contributed by atoms with E-state index in [-0.39, 0.29) is 5.56 Å². The van der Waals surface area contributed by atoms with Crippen molar-refractivity contribution in [3.05, 3.63) is 60.6 Å². The molecule has 0 fully saturated rings. The Hall–Kier alpha value is -1.85. The molecule has 1 atom stereocenters. The molecule has 0 radical (unpaired) electrons. The molecule has 0 saturated carbocycles. The topological polar surface area (TPSA) is 54.9 Å². The van der Waals surface area contributed by atoms with Crippen molar-refractivity contribution in [3.63, 3.8) is 0 Å². The molecule has 1 aliphatic rings. The molecule has 2 aromatic heterocycles. The van der Waals surface area contributed by atoms with Gasteiger partial charge in [-0.25, -0.2) is 9.36 Å². The number of aromatic nitrogens is 2. The normalized spacial score (nSPS) is 17.4. The molecule has 1 aliphatic carbocycles. The second kappa shape index (κ2) is 5.35. The Morgan fingerprint density at radius 1 is 1.26 bits per heavy atom. The van der Waals surface area contributed by atoms with Gasteiger partial charge in [-0.05, 0) is 55.0 Å². The fourth-order valence-electron chi connectivity index (χ4n) is 3.25. The molecular formula is C17H15ClN2O2S. The summed E-state index contributed by atoms with van der Waals surface area (Å²) in [5.41, 5.74) is 1.01. The minimum Gasteiger partial charge on any atom is -0.298 e. The first-order chi connectivity index (χ1) is 11.0. The van der Waals surface area contributed by atoms with Crippen molar-refractivity contribution < 1.29 is 0 Å². The molecule has 2 heterocycles. The predicted molar refractivity (Wildman–Crippen MR) is 94.2 cm³/mol. The summed E-state index contributed by atoms with van der Waals surface area (Å²) in [5, 5.41) is 1.24. The first kappa shape index (κ1) is 14.7. The Morgan fingerprint density at radius 3 is 2.74 bits per heavy atom. The molecule has 0 unspecified atom stereocenters. The number of nitrogens with one attached hydrogen (secondary N) is 1. The first-order valence-corrected chi connectivity index (χ1v) is 8.79. The van der Waals surface area contributed by atoms with E-state index in [1.54, 1.807) is 35.6 Å². The molecule has 0 amide bonds. The molecule has 0 spiro atoms. The SMILES string of the molecule is C[C@@H]1CCc2c(sc3[nH]c(=O)n(-c4ccc(Cl)cc4)c(=O)c23)C1. The zero-order valence-corrected chi connectivity index (χ0v) is 14.1. The highest BCUT2D eigenvalue weighted by molar-refractivity contribution is 7.18. The van der Waals surface area contributed by atoms with Crippen LogP contribution in [-0.2, 0) is 12.8 Å². The van der Waals surface area contributed by atoms with Crippen LogP contribution in [0.5, 0.6) is 0 Å². The molecule has 1 aromatic carbocycles. The van der Waals surface area contributed by atoms with E-state index in [0.29, 0.717) is 26.8 Å². The predicted octanol–water partition coefficient (Wildman–Crippen LogP) is 3.52. The number of hydrogen-bond acceptors (Lipinski definition) is 3. The lowest BCUT2D eigenvalue weighted by Gasteiger charge is -2.17. The molecule has 1 N–H and O–H groups in total. The van der Waals surface area contributed by atoms with Crippen molar-refractivity contribution in [2.24, 2.45) is 5.92 Å². The monoisotopic (exact) mass is 346 g/mol. The van der Waals surface area contributed by atoms with Crippen LogP contribution in [-0.4, -0.2) is 9.55 Å². The molecule has 0 bridgehead atoms. The zero-order valence-electron chi connectivity index (χ0n) is 12.6. The van der Waals surface area contributed by atoms with Gasteiger partial charge in [0.05, 0.1) is 11.1 Å². The lowest BCUT2D eigenvalue weighted by molar-refractivity contribution is 0.509. The maximum absolute atomic E-state index is 13.0. The third-order valence-electron chi connectivity index (χ3n) is 4.44. The van der Waals surface area contributed by atoms with Crippen molar-refractivity contribution in [1.29, 1.82) is 0 Å². The highest BCUT2D eigenvalue weighted by atomic mass is 35.5. The lowest BCUT2D eigenvalue weighted by Crippen LogP contribution is -2.33. The van der Waals surface area contributed by atoms with Crippen molar-refractivity contribution in [3.8, 4) is 5.69 Å². The number of nitrogens with zero attached hydrogens (tertiary/aromatic N) is 1. The largest absolute Gasteiger partial charge is 0.334 e. The number of fused-ring (bicyclic) bond motifs is 3. The average molecular weight is 347 g/mol. The number of rotatable bonds is 1. The van der Waals surface area contributed by atoms with Gasteiger partial charge >= 0.3 is 5.69 Å². The van der Waals surface area contributed by atoms with Crippen LogP contribution < -0.4 is 11.2 Å². The highest BCUT2D eigenvalue weighted by Gasteiger charge is 2.23. The Kier molecular flexibility index (Phi) is 3.43. The molecule has 0 aliphatic heterocycles. The zero-order chi connectivity index (χ0) is 16.1. The van der Waals surface area contributed by atoms with Crippen molar-refractivity contribution in [1.82, 2.24) is 9.55 Å². The van der Waals surface area contributed by atoms with Gasteiger partial charge in [-0.1, -0.05) is 18.5 Å². The number of aryl methyl sites for hydroxylation is 1. The van der Waals surface area contributed by atoms with E-state index >= 15 is 0 Å². The number of hydrogen-bond donors (Lipinski definition) is 1. The van der Waals surface area contributed by atoms with Gasteiger partial charge < -0.3 is 0 Å². The summed E-state index contributed by atoms with van der Waals surface area (Å²) in [6.07, 6.45) is 2.97. The summed E-state index contributed by atoms with van der Waals surface area (Å²) in [5.74, 6) is 0.626. The van der Waals surface area contributed by atoms with E-state index in [4.69, 9.17) is 11.6 Å². The fraction of sp³-hybridized carbons (Fsp3) is 0.294. The quantitative estimate of drug-likeness (QED) is 0.733. The number of H-pyrrole nitrogens is 1. The maximum Gasteiger partial charge on any atom is 0.334 e. The highest BCUT2D eigenvalue weighted by Crippen LogP contribution is 2.35. The van der Waals surface area contributed by atoms with Gasteiger partial charge in [-0.15, -0.1) is 11.3 Å². The van der Waals surface area contributed by atoms with Gasteiger partial charge in [0, 0.05) is 9.90 Å². The Morgan fingerprint density at radius 2 is 2.00 bits per heavy atom. The fourth-order valence-corrected chi connectivity index (χ4v) is 4.77. The number of aromatic amines is 1. The van der Waals surface area contributed by atoms with E-state index in [1.165, 1.54) is 9.44 Å². The third kappa shape index (κ3) is 2.35. The molecule has 23 heavy (non-hydrogen) atoms. The van der Waals surface area contributed by atoms with E-state index in [2.05, 4.69) is 11.9 Å². The van der Waals surface area contributed by atoms with Gasteiger partial charge in [0.1, 0.15) is 4.83 Å². The van der Waals surface area contributed by atoms with Crippen LogP contribution in [0.15, 0.2) is 33.9 Å². The molecule has 6 heteroatoms. The van der Waals surface area contributed by atoms with Gasteiger partial charge in [-0.2, -0.15) is 0 Å². The summed E-state index contributed by atoms with van der Waals surface area (Å²) < 4.78 is 1.20. The summed E-state index contributed by atoms with van der Waals surface area (Å²) >= 11 is 7.44. The third-order valence-corrected chi connectivity index (χ3v) is 5.86. The number of halogens is 1. The van der Waals surface area contributed by atoms with Crippen molar-refractivity contribution >= 4 is 33.2 Å².